The molecule has 9 heteroatoms. The quantitative estimate of drug-likeness (QED) is 0.412. The first kappa shape index (κ1) is 22.5. The van der Waals surface area contributed by atoms with Crippen LogP contribution >= 0.6 is 11.3 Å². The van der Waals surface area contributed by atoms with Crippen LogP contribution in [0.15, 0.2) is 70.0 Å². The summed E-state index contributed by atoms with van der Waals surface area (Å²) in [7, 11) is -2.45. The van der Waals surface area contributed by atoms with E-state index in [4.69, 9.17) is 4.74 Å². The number of ether oxygens (including phenoxy) is 1. The third-order valence-corrected chi connectivity index (χ3v) is 7.27. The summed E-state index contributed by atoms with van der Waals surface area (Å²) in [5.41, 5.74) is 4.73. The van der Waals surface area contributed by atoms with Gasteiger partial charge in [0.2, 0.25) is 0 Å². The fourth-order valence-corrected chi connectivity index (χ4v) is 4.95. The maximum atomic E-state index is 13.3. The summed E-state index contributed by atoms with van der Waals surface area (Å²) in [4.78, 5) is 13.6. The number of hydrogen-bond acceptors (Lipinski definition) is 6. The molecule has 1 aromatic heterocycles. The van der Waals surface area contributed by atoms with Crippen LogP contribution in [0, 0.1) is 13.8 Å². The second-order valence-electron chi connectivity index (χ2n) is 6.78. The van der Waals surface area contributed by atoms with Gasteiger partial charge in [-0.2, -0.15) is 5.10 Å². The maximum absolute atomic E-state index is 13.3. The highest BCUT2D eigenvalue weighted by molar-refractivity contribution is 7.92. The molecule has 0 unspecified atom stereocenters. The summed E-state index contributed by atoms with van der Waals surface area (Å²) >= 11 is 1.50. The molecule has 0 aliphatic heterocycles. The lowest BCUT2D eigenvalue weighted by Gasteiger charge is -2.24. The molecule has 0 spiro atoms. The van der Waals surface area contributed by atoms with E-state index in [0.717, 1.165) is 20.3 Å². The van der Waals surface area contributed by atoms with Gasteiger partial charge in [-0.15, -0.1) is 11.3 Å². The van der Waals surface area contributed by atoms with Gasteiger partial charge in [-0.05, 0) is 67.3 Å². The van der Waals surface area contributed by atoms with E-state index in [-0.39, 0.29) is 4.90 Å². The van der Waals surface area contributed by atoms with Crippen molar-refractivity contribution in [2.24, 2.45) is 5.10 Å². The minimum atomic E-state index is -3.98. The molecule has 0 aliphatic rings. The Morgan fingerprint density at radius 2 is 1.77 bits per heavy atom. The number of benzene rings is 2. The highest BCUT2D eigenvalue weighted by Crippen LogP contribution is 2.26. The number of amides is 1. The number of hydrazone groups is 1. The molecular weight excluding hydrogens is 434 g/mol. The molecule has 7 nitrogen and oxygen atoms in total. The largest absolute Gasteiger partial charge is 0.497 e. The number of aryl methyl sites for hydroxylation is 2. The molecule has 31 heavy (non-hydrogen) atoms. The third kappa shape index (κ3) is 5.50. The van der Waals surface area contributed by atoms with Gasteiger partial charge in [0.05, 0.1) is 23.9 Å². The molecule has 1 N–H and O–H groups in total. The van der Waals surface area contributed by atoms with Gasteiger partial charge in [0.15, 0.2) is 0 Å². The number of nitrogens with zero attached hydrogens (tertiary/aromatic N) is 2. The van der Waals surface area contributed by atoms with Crippen LogP contribution in [-0.4, -0.2) is 34.2 Å². The SMILES string of the molecule is COc1ccc(N(CC(=O)N/N=C\c2sccc2C)S(=O)(=O)c2ccc(C)cc2)cc1. The van der Waals surface area contributed by atoms with Crippen molar-refractivity contribution in [2.75, 3.05) is 18.0 Å². The van der Waals surface area contributed by atoms with Crippen LogP contribution in [0.25, 0.3) is 0 Å². The van der Waals surface area contributed by atoms with Gasteiger partial charge < -0.3 is 4.74 Å². The van der Waals surface area contributed by atoms with Crippen LogP contribution in [0.2, 0.25) is 0 Å². The van der Waals surface area contributed by atoms with Crippen LogP contribution < -0.4 is 14.5 Å². The summed E-state index contributed by atoms with van der Waals surface area (Å²) in [6, 6.07) is 14.9. The Morgan fingerprint density at radius 1 is 1.10 bits per heavy atom. The molecule has 3 aromatic rings. The number of carbonyl (C=O) groups is 1. The van der Waals surface area contributed by atoms with Crippen molar-refractivity contribution in [1.29, 1.82) is 0 Å². The van der Waals surface area contributed by atoms with Crippen LogP contribution in [0.5, 0.6) is 5.75 Å². The number of nitrogens with one attached hydrogen (secondary N) is 1. The van der Waals surface area contributed by atoms with E-state index in [9.17, 15) is 13.2 Å². The van der Waals surface area contributed by atoms with E-state index in [1.54, 1.807) is 42.6 Å². The van der Waals surface area contributed by atoms with E-state index < -0.39 is 22.5 Å². The van der Waals surface area contributed by atoms with Crippen molar-refractivity contribution in [2.45, 2.75) is 18.7 Å². The number of rotatable bonds is 8. The van der Waals surface area contributed by atoms with Crippen molar-refractivity contribution in [3.05, 3.63) is 76.0 Å². The Morgan fingerprint density at radius 3 is 2.35 bits per heavy atom. The average Bonchev–Trinajstić information content (AvgIpc) is 3.17. The fraction of sp³-hybridized carbons (Fsp3) is 0.182. The number of sulfonamides is 1. The Labute approximate surface area is 186 Å². The minimum absolute atomic E-state index is 0.0967. The van der Waals surface area contributed by atoms with E-state index in [1.165, 1.54) is 30.6 Å². The number of thiophene rings is 1. The first-order valence-corrected chi connectivity index (χ1v) is 11.7. The first-order chi connectivity index (χ1) is 14.8. The van der Waals surface area contributed by atoms with Gasteiger partial charge in [0.1, 0.15) is 12.3 Å². The van der Waals surface area contributed by atoms with E-state index in [0.29, 0.717) is 11.4 Å². The second-order valence-corrected chi connectivity index (χ2v) is 9.59. The third-order valence-electron chi connectivity index (χ3n) is 4.53. The van der Waals surface area contributed by atoms with Gasteiger partial charge in [0, 0.05) is 4.88 Å². The summed E-state index contributed by atoms with van der Waals surface area (Å²) < 4.78 is 32.8. The van der Waals surface area contributed by atoms with Crippen molar-refractivity contribution in [3.63, 3.8) is 0 Å². The second kappa shape index (κ2) is 9.76. The van der Waals surface area contributed by atoms with Gasteiger partial charge >= 0.3 is 0 Å². The topological polar surface area (TPSA) is 88.1 Å². The lowest BCUT2D eigenvalue weighted by atomic mass is 10.2. The van der Waals surface area contributed by atoms with E-state index >= 15 is 0 Å². The molecule has 0 bridgehead atoms. The fourth-order valence-electron chi connectivity index (χ4n) is 2.75. The smallest absolute Gasteiger partial charge is 0.264 e. The van der Waals surface area contributed by atoms with Gasteiger partial charge in [-0.25, -0.2) is 13.8 Å². The number of methoxy groups -OCH3 is 1. The molecule has 1 amide bonds. The van der Waals surface area contributed by atoms with Crippen LogP contribution in [0.1, 0.15) is 16.0 Å². The van der Waals surface area contributed by atoms with Crippen LogP contribution in [0.3, 0.4) is 0 Å². The zero-order chi connectivity index (χ0) is 22.4. The normalized spacial score (nSPS) is 11.5. The van der Waals surface area contributed by atoms with E-state index in [1.807, 2.05) is 25.3 Å². The van der Waals surface area contributed by atoms with Crippen molar-refractivity contribution < 1.29 is 17.9 Å². The molecule has 0 saturated carbocycles. The highest BCUT2D eigenvalue weighted by Gasteiger charge is 2.27. The molecule has 0 radical (unpaired) electrons. The van der Waals surface area contributed by atoms with Crippen molar-refractivity contribution in [3.8, 4) is 5.75 Å². The molecule has 0 atom stereocenters. The van der Waals surface area contributed by atoms with Crippen molar-refractivity contribution in [1.82, 2.24) is 5.43 Å². The standard InChI is InChI=1S/C22H23N3O4S2/c1-16-4-10-20(11-5-16)31(27,28)25(18-6-8-19(29-3)9-7-18)15-22(26)24-23-14-21-17(2)12-13-30-21/h4-14H,15H2,1-3H3,(H,24,26)/b23-14-. The Bertz CT molecular complexity index is 1170. The van der Waals surface area contributed by atoms with Crippen LogP contribution in [0.4, 0.5) is 5.69 Å². The Balaban J connectivity index is 1.86. The van der Waals surface area contributed by atoms with Crippen LogP contribution in [-0.2, 0) is 14.8 Å². The summed E-state index contributed by atoms with van der Waals surface area (Å²) in [5.74, 6) is 0.0220. The number of hydrogen-bond donors (Lipinski definition) is 1. The average molecular weight is 458 g/mol. The molecule has 2 aromatic carbocycles. The maximum Gasteiger partial charge on any atom is 0.264 e. The number of anilines is 1. The van der Waals surface area contributed by atoms with Gasteiger partial charge in [0.25, 0.3) is 15.9 Å². The number of carbonyl (C=O) groups excluding carboxylic acids is 1. The lowest BCUT2D eigenvalue weighted by molar-refractivity contribution is -0.119. The molecule has 0 saturated heterocycles. The molecule has 3 rings (SSSR count). The minimum Gasteiger partial charge on any atom is -0.497 e. The molecule has 1 heterocycles. The van der Waals surface area contributed by atoms with Gasteiger partial charge in [-0.1, -0.05) is 17.7 Å². The zero-order valence-electron chi connectivity index (χ0n) is 17.4. The predicted octanol–water partition coefficient (Wildman–Crippen LogP) is 3.72. The zero-order valence-corrected chi connectivity index (χ0v) is 19.0. The predicted molar refractivity (Wildman–Crippen MR) is 123 cm³/mol. The highest BCUT2D eigenvalue weighted by atomic mass is 32.2. The first-order valence-electron chi connectivity index (χ1n) is 9.40. The lowest BCUT2D eigenvalue weighted by Crippen LogP contribution is -2.39. The van der Waals surface area contributed by atoms with Crippen molar-refractivity contribution >= 4 is 39.2 Å². The summed E-state index contributed by atoms with van der Waals surface area (Å²) in [6.45, 7) is 3.39. The summed E-state index contributed by atoms with van der Waals surface area (Å²) in [6.07, 6.45) is 1.55. The molecule has 162 valence electrons. The van der Waals surface area contributed by atoms with E-state index in [2.05, 4.69) is 10.5 Å². The summed E-state index contributed by atoms with van der Waals surface area (Å²) in [5, 5.41) is 5.89. The van der Waals surface area contributed by atoms with Gasteiger partial charge in [-0.3, -0.25) is 9.10 Å². The molecule has 0 fully saturated rings. The molecule has 0 aliphatic carbocycles. The monoisotopic (exact) mass is 457 g/mol. The Hall–Kier alpha value is -3.17. The molecular formula is C22H23N3O4S2. The Kier molecular flexibility index (Phi) is 7.09.